The predicted octanol–water partition coefficient (Wildman–Crippen LogP) is 3.02. The van der Waals surface area contributed by atoms with Crippen LogP contribution in [0.3, 0.4) is 0 Å². The molecule has 19 heavy (non-hydrogen) atoms. The molecule has 1 aromatic rings. The molecule has 1 fully saturated rings. The third-order valence-electron chi connectivity index (χ3n) is 3.44. The molecule has 1 aliphatic rings. The lowest BCUT2D eigenvalue weighted by molar-refractivity contribution is 0.433. The summed E-state index contributed by atoms with van der Waals surface area (Å²) in [4.78, 5) is 19.1. The Morgan fingerprint density at radius 3 is 2.68 bits per heavy atom. The topological polar surface area (TPSA) is 66.0 Å². The summed E-state index contributed by atoms with van der Waals surface area (Å²) in [6, 6.07) is 0. The number of rotatable bonds is 5. The van der Waals surface area contributed by atoms with Crippen LogP contribution in [0.4, 0.5) is 0 Å². The maximum absolute atomic E-state index is 12.1. The Kier molecular flexibility index (Phi) is 4.91. The van der Waals surface area contributed by atoms with Gasteiger partial charge in [0.15, 0.2) is 0 Å². The first kappa shape index (κ1) is 14.4. The van der Waals surface area contributed by atoms with Gasteiger partial charge in [-0.3, -0.25) is 4.79 Å². The van der Waals surface area contributed by atoms with E-state index in [2.05, 4.69) is 23.8 Å². The lowest BCUT2D eigenvalue weighted by atomic mass is 10.00. The Balaban J connectivity index is 2.10. The molecule has 1 aliphatic carbocycles. The number of hydrogen-bond acceptors (Lipinski definition) is 4. The molecule has 1 saturated carbocycles. The quantitative estimate of drug-likeness (QED) is 0.871. The fourth-order valence-corrected chi connectivity index (χ4v) is 3.48. The lowest BCUT2D eigenvalue weighted by Gasteiger charge is -2.11. The number of nitrogens with one attached hydrogen (secondary N) is 1. The van der Waals surface area contributed by atoms with Crippen LogP contribution in [0.25, 0.3) is 0 Å². The van der Waals surface area contributed by atoms with Crippen molar-refractivity contribution in [1.82, 2.24) is 9.97 Å². The molecule has 0 radical (unpaired) electrons. The van der Waals surface area contributed by atoms with E-state index >= 15 is 0 Å². The molecule has 106 valence electrons. The van der Waals surface area contributed by atoms with Gasteiger partial charge in [0.2, 0.25) is 5.88 Å². The average molecular weight is 282 g/mol. The molecule has 0 unspecified atom stereocenters. The van der Waals surface area contributed by atoms with E-state index in [0.29, 0.717) is 23.1 Å². The molecule has 4 nitrogen and oxygen atoms in total. The zero-order chi connectivity index (χ0) is 13.8. The second kappa shape index (κ2) is 6.46. The van der Waals surface area contributed by atoms with Crippen LogP contribution >= 0.6 is 11.8 Å². The van der Waals surface area contributed by atoms with Gasteiger partial charge < -0.3 is 10.1 Å². The lowest BCUT2D eigenvalue weighted by Crippen LogP contribution is -2.18. The number of H-pyrrole nitrogens is 1. The SMILES string of the molecule is CC(C)CSCc1nc(O)c(C2CCCC2)c(=O)[nH]1. The maximum atomic E-state index is 12.1. The third-order valence-corrected chi connectivity index (χ3v) is 4.82. The van der Waals surface area contributed by atoms with E-state index in [1.54, 1.807) is 11.8 Å². The summed E-state index contributed by atoms with van der Waals surface area (Å²) < 4.78 is 0. The third kappa shape index (κ3) is 3.75. The minimum absolute atomic E-state index is 0.0594. The van der Waals surface area contributed by atoms with E-state index in [0.717, 1.165) is 31.4 Å². The molecule has 0 spiro atoms. The Morgan fingerprint density at radius 1 is 1.42 bits per heavy atom. The average Bonchev–Trinajstić information content (AvgIpc) is 2.81. The molecule has 1 heterocycles. The van der Waals surface area contributed by atoms with Gasteiger partial charge in [-0.05, 0) is 30.4 Å². The fraction of sp³-hybridized carbons (Fsp3) is 0.714. The fourth-order valence-electron chi connectivity index (χ4n) is 2.56. The minimum atomic E-state index is -0.153. The molecular formula is C14H22N2O2S. The van der Waals surface area contributed by atoms with E-state index in [-0.39, 0.29) is 17.4 Å². The molecule has 0 aromatic carbocycles. The summed E-state index contributed by atoms with van der Waals surface area (Å²) in [7, 11) is 0. The second-order valence-electron chi connectivity index (χ2n) is 5.64. The Hall–Kier alpha value is -0.970. The Morgan fingerprint density at radius 2 is 2.11 bits per heavy atom. The highest BCUT2D eigenvalue weighted by atomic mass is 32.2. The summed E-state index contributed by atoms with van der Waals surface area (Å²) in [5.74, 6) is 2.99. The molecule has 2 N–H and O–H groups in total. The van der Waals surface area contributed by atoms with Crippen molar-refractivity contribution in [3.63, 3.8) is 0 Å². The van der Waals surface area contributed by atoms with Crippen molar-refractivity contribution in [2.75, 3.05) is 5.75 Å². The van der Waals surface area contributed by atoms with Crippen LogP contribution in [-0.4, -0.2) is 20.8 Å². The van der Waals surface area contributed by atoms with E-state index in [1.165, 1.54) is 0 Å². The number of hydrogen-bond donors (Lipinski definition) is 2. The minimum Gasteiger partial charge on any atom is -0.493 e. The smallest absolute Gasteiger partial charge is 0.258 e. The van der Waals surface area contributed by atoms with Crippen molar-refractivity contribution < 1.29 is 5.11 Å². The van der Waals surface area contributed by atoms with E-state index < -0.39 is 0 Å². The van der Waals surface area contributed by atoms with Gasteiger partial charge in [-0.2, -0.15) is 16.7 Å². The monoisotopic (exact) mass is 282 g/mol. The van der Waals surface area contributed by atoms with Crippen LogP contribution in [0.5, 0.6) is 5.88 Å². The highest BCUT2D eigenvalue weighted by molar-refractivity contribution is 7.98. The molecule has 0 saturated heterocycles. The zero-order valence-electron chi connectivity index (χ0n) is 11.6. The first-order valence-corrected chi connectivity index (χ1v) is 8.13. The molecule has 0 atom stereocenters. The molecule has 5 heteroatoms. The van der Waals surface area contributed by atoms with Crippen LogP contribution < -0.4 is 5.56 Å². The molecule has 2 rings (SSSR count). The summed E-state index contributed by atoms with van der Waals surface area (Å²) >= 11 is 1.73. The maximum Gasteiger partial charge on any atom is 0.258 e. The number of nitrogens with zero attached hydrogens (tertiary/aromatic N) is 1. The zero-order valence-corrected chi connectivity index (χ0v) is 12.4. The predicted molar refractivity (Wildman–Crippen MR) is 78.7 cm³/mol. The molecular weight excluding hydrogens is 260 g/mol. The summed E-state index contributed by atoms with van der Waals surface area (Å²) in [6.45, 7) is 4.31. The number of aromatic hydroxyl groups is 1. The van der Waals surface area contributed by atoms with Crippen LogP contribution in [0, 0.1) is 5.92 Å². The summed E-state index contributed by atoms with van der Waals surface area (Å²) in [5.41, 5.74) is 0.342. The summed E-state index contributed by atoms with van der Waals surface area (Å²) in [6.07, 6.45) is 4.24. The Bertz CT molecular complexity index is 479. The highest BCUT2D eigenvalue weighted by Crippen LogP contribution is 2.35. The molecule has 0 bridgehead atoms. The van der Waals surface area contributed by atoms with E-state index in [9.17, 15) is 9.90 Å². The van der Waals surface area contributed by atoms with Crippen molar-refractivity contribution in [2.45, 2.75) is 51.2 Å². The van der Waals surface area contributed by atoms with E-state index in [4.69, 9.17) is 0 Å². The van der Waals surface area contributed by atoms with Crippen LogP contribution in [0.2, 0.25) is 0 Å². The van der Waals surface area contributed by atoms with Crippen LogP contribution in [-0.2, 0) is 5.75 Å². The first-order valence-electron chi connectivity index (χ1n) is 6.97. The van der Waals surface area contributed by atoms with Gasteiger partial charge in [-0.1, -0.05) is 26.7 Å². The van der Waals surface area contributed by atoms with Crippen molar-refractivity contribution in [2.24, 2.45) is 5.92 Å². The number of aromatic nitrogens is 2. The van der Waals surface area contributed by atoms with Crippen molar-refractivity contribution in [3.05, 3.63) is 21.7 Å². The molecule has 1 aromatic heterocycles. The van der Waals surface area contributed by atoms with Crippen molar-refractivity contribution >= 4 is 11.8 Å². The van der Waals surface area contributed by atoms with Crippen LogP contribution in [0.1, 0.15) is 56.8 Å². The number of thioether (sulfide) groups is 1. The Labute approximate surface area is 118 Å². The largest absolute Gasteiger partial charge is 0.493 e. The van der Waals surface area contributed by atoms with Crippen LogP contribution in [0.15, 0.2) is 4.79 Å². The first-order chi connectivity index (χ1) is 9.08. The van der Waals surface area contributed by atoms with Gasteiger partial charge in [-0.15, -0.1) is 0 Å². The normalized spacial score (nSPS) is 16.4. The number of aromatic amines is 1. The second-order valence-corrected chi connectivity index (χ2v) is 6.67. The van der Waals surface area contributed by atoms with Gasteiger partial charge in [0.05, 0.1) is 11.3 Å². The van der Waals surface area contributed by atoms with Gasteiger partial charge >= 0.3 is 0 Å². The van der Waals surface area contributed by atoms with Crippen molar-refractivity contribution in [3.8, 4) is 5.88 Å². The highest BCUT2D eigenvalue weighted by Gasteiger charge is 2.24. The van der Waals surface area contributed by atoms with Crippen molar-refractivity contribution in [1.29, 1.82) is 0 Å². The standard InChI is InChI=1S/C14H22N2O2S/c1-9(2)7-19-8-11-15-13(17)12(14(18)16-11)10-5-3-4-6-10/h9-10H,3-8H2,1-2H3,(H2,15,16,17,18). The van der Waals surface area contributed by atoms with Gasteiger partial charge in [0, 0.05) is 0 Å². The molecule has 0 aliphatic heterocycles. The van der Waals surface area contributed by atoms with E-state index in [1.807, 2.05) is 0 Å². The van der Waals surface area contributed by atoms with Gasteiger partial charge in [0.25, 0.3) is 5.56 Å². The van der Waals surface area contributed by atoms with Gasteiger partial charge in [0.1, 0.15) is 5.82 Å². The molecule has 0 amide bonds. The van der Waals surface area contributed by atoms with Gasteiger partial charge in [-0.25, -0.2) is 0 Å². The summed E-state index contributed by atoms with van der Waals surface area (Å²) in [5, 5.41) is 10.0.